The fourth-order valence-corrected chi connectivity index (χ4v) is 7.72. The Morgan fingerprint density at radius 2 is 1.04 bits per heavy atom. The molecule has 1 heterocycles. The second kappa shape index (κ2) is 22.5. The lowest BCUT2D eigenvalue weighted by molar-refractivity contribution is -0.284. The molecule has 0 amide bonds. The Morgan fingerprint density at radius 3 is 1.52 bits per heavy atom. The van der Waals surface area contributed by atoms with Crippen LogP contribution >= 0.6 is 11.6 Å². The number of halogens is 4. The first-order valence-electron chi connectivity index (χ1n) is 21.6. The Hall–Kier alpha value is -7.49. The number of esters is 5. The highest BCUT2D eigenvalue weighted by Crippen LogP contribution is 2.38. The third-order valence-electron chi connectivity index (χ3n) is 10.8. The van der Waals surface area contributed by atoms with E-state index in [0.717, 1.165) is 0 Å². The predicted octanol–water partition coefficient (Wildman–Crippen LogP) is 10.1. The van der Waals surface area contributed by atoms with Gasteiger partial charge in [-0.05, 0) is 84.3 Å². The van der Waals surface area contributed by atoms with Crippen molar-refractivity contribution in [3.05, 3.63) is 207 Å². The summed E-state index contributed by atoms with van der Waals surface area (Å²) in [4.78, 5) is 68.0. The van der Waals surface area contributed by atoms with Crippen LogP contribution in [0.25, 0.3) is 0 Å². The summed E-state index contributed by atoms with van der Waals surface area (Å²) in [6.07, 6.45) is -15.6. The molecule has 6 atom stereocenters. The molecule has 1 aliphatic rings. The zero-order valence-electron chi connectivity index (χ0n) is 37.0. The van der Waals surface area contributed by atoms with E-state index >= 15 is 0 Å². The molecule has 0 bridgehead atoms. The Morgan fingerprint density at radius 1 is 0.594 bits per heavy atom. The largest absolute Gasteiger partial charge is 0.461 e. The first-order chi connectivity index (χ1) is 33.1. The molecule has 1 fully saturated rings. The number of hydrogen-bond acceptors (Lipinski definition) is 12. The van der Waals surface area contributed by atoms with Crippen molar-refractivity contribution < 1.29 is 70.3 Å². The molecule has 12 nitrogen and oxygen atoms in total. The highest BCUT2D eigenvalue weighted by atomic mass is 35.5. The Labute approximate surface area is 399 Å². The van der Waals surface area contributed by atoms with Crippen molar-refractivity contribution >= 4 is 41.4 Å². The van der Waals surface area contributed by atoms with Crippen molar-refractivity contribution in [3.63, 3.8) is 0 Å². The molecule has 6 aromatic rings. The Balaban J connectivity index is 1.37. The van der Waals surface area contributed by atoms with Gasteiger partial charge in [-0.2, -0.15) is 13.2 Å². The van der Waals surface area contributed by atoms with E-state index in [9.17, 15) is 37.1 Å². The number of hydrogen-bond donors (Lipinski definition) is 0. The minimum absolute atomic E-state index is 0.0240. The van der Waals surface area contributed by atoms with E-state index in [1.807, 2.05) is 0 Å². The van der Waals surface area contributed by atoms with E-state index in [4.69, 9.17) is 44.8 Å². The van der Waals surface area contributed by atoms with Crippen LogP contribution in [-0.2, 0) is 52.7 Å². The summed E-state index contributed by atoms with van der Waals surface area (Å²) in [5, 5.41) is 0.0751. The standard InChI is InChI=1S/C53H44ClF3O12/c1-32(64-48(59)37-15-7-3-8-16-37)44-45(66-49(60)38-17-9-4-10-18-38)46(67-50(61)39-19-11-5-12-20-39)47(68-51(62)40-21-13-6-14-22-40)52(69-44)65-43-29-36(31-63-33(2)58)28-42(54)41(43)27-34-23-25-35(26-24-34)30-53(55,56)57/h3-26,28-29,32,44-47,52H,27,30-31H2,1-2H3/t32-,44-,45-,46+,47-,52-/m1/s1. The van der Waals surface area contributed by atoms with Gasteiger partial charge in [0.05, 0.1) is 28.7 Å². The zero-order chi connectivity index (χ0) is 49.1. The van der Waals surface area contributed by atoms with Gasteiger partial charge in [-0.25, -0.2) is 19.2 Å². The number of carbonyl (C=O) groups is 5. The molecule has 0 aromatic heterocycles. The first kappa shape index (κ1) is 49.4. The van der Waals surface area contributed by atoms with E-state index in [-0.39, 0.29) is 57.2 Å². The molecule has 16 heteroatoms. The molecule has 0 radical (unpaired) electrons. The van der Waals surface area contributed by atoms with E-state index in [1.54, 1.807) is 72.8 Å². The van der Waals surface area contributed by atoms with Gasteiger partial charge in [0.2, 0.25) is 12.4 Å². The van der Waals surface area contributed by atoms with Crippen LogP contribution in [0.1, 0.15) is 77.5 Å². The minimum atomic E-state index is -4.44. The van der Waals surface area contributed by atoms with Crippen LogP contribution in [0.15, 0.2) is 158 Å². The Kier molecular flexibility index (Phi) is 16.1. The van der Waals surface area contributed by atoms with Crippen molar-refractivity contribution in [2.75, 3.05) is 0 Å². The number of ether oxygens (including phenoxy) is 7. The molecule has 0 unspecified atom stereocenters. The molecule has 69 heavy (non-hydrogen) atoms. The normalized spacial score (nSPS) is 18.2. The monoisotopic (exact) mass is 964 g/mol. The lowest BCUT2D eigenvalue weighted by Gasteiger charge is -2.45. The third kappa shape index (κ3) is 13.4. The maximum absolute atomic E-state index is 14.2. The highest BCUT2D eigenvalue weighted by Gasteiger charge is 2.56. The van der Waals surface area contributed by atoms with E-state index in [1.165, 1.54) is 98.8 Å². The number of alkyl halides is 3. The van der Waals surface area contributed by atoms with Gasteiger partial charge in [0, 0.05) is 23.9 Å². The van der Waals surface area contributed by atoms with Gasteiger partial charge in [-0.15, -0.1) is 0 Å². The van der Waals surface area contributed by atoms with Crippen LogP contribution in [0, 0.1) is 0 Å². The summed E-state index contributed by atoms with van der Waals surface area (Å²) < 4.78 is 83.0. The molecular weight excluding hydrogens is 921 g/mol. The predicted molar refractivity (Wildman–Crippen MR) is 243 cm³/mol. The molecule has 1 aliphatic heterocycles. The van der Waals surface area contributed by atoms with E-state index < -0.39 is 79.3 Å². The van der Waals surface area contributed by atoms with Crippen LogP contribution in [0.4, 0.5) is 13.2 Å². The summed E-state index contributed by atoms with van der Waals surface area (Å²) in [5.74, 6) is -4.22. The molecule has 7 rings (SSSR count). The molecule has 0 aliphatic carbocycles. The average Bonchev–Trinajstić information content (AvgIpc) is 3.34. The lowest BCUT2D eigenvalue weighted by Crippen LogP contribution is -2.65. The van der Waals surface area contributed by atoms with Gasteiger partial charge >= 0.3 is 36.0 Å². The summed E-state index contributed by atoms with van der Waals surface area (Å²) in [6, 6.07) is 40.2. The average molecular weight is 965 g/mol. The summed E-state index contributed by atoms with van der Waals surface area (Å²) >= 11 is 6.96. The maximum Gasteiger partial charge on any atom is 0.393 e. The molecule has 356 valence electrons. The molecule has 0 N–H and O–H groups in total. The molecular formula is C53H44ClF3O12. The Bertz CT molecular complexity index is 2720. The van der Waals surface area contributed by atoms with Gasteiger partial charge in [-0.1, -0.05) is 109 Å². The van der Waals surface area contributed by atoms with Crippen LogP contribution in [0.3, 0.4) is 0 Å². The molecule has 0 saturated carbocycles. The second-order valence-electron chi connectivity index (χ2n) is 15.9. The lowest BCUT2D eigenvalue weighted by atomic mass is 9.94. The molecule has 0 spiro atoms. The van der Waals surface area contributed by atoms with Gasteiger partial charge in [0.25, 0.3) is 0 Å². The smallest absolute Gasteiger partial charge is 0.393 e. The fraction of sp³-hybridized carbons (Fsp3) is 0.226. The van der Waals surface area contributed by atoms with Gasteiger partial charge in [-0.3, -0.25) is 4.79 Å². The second-order valence-corrected chi connectivity index (χ2v) is 16.3. The zero-order valence-corrected chi connectivity index (χ0v) is 37.8. The number of benzene rings is 6. The van der Waals surface area contributed by atoms with Crippen molar-refractivity contribution in [1.29, 1.82) is 0 Å². The highest BCUT2D eigenvalue weighted by molar-refractivity contribution is 6.31. The van der Waals surface area contributed by atoms with Crippen LogP contribution in [0.5, 0.6) is 5.75 Å². The van der Waals surface area contributed by atoms with E-state index in [0.29, 0.717) is 11.1 Å². The maximum atomic E-state index is 14.2. The summed E-state index contributed by atoms with van der Waals surface area (Å²) in [5.41, 5.74) is 1.51. The molecule has 1 saturated heterocycles. The SMILES string of the molecule is CC(=O)OCc1cc(Cl)c(Cc2ccc(CC(F)(F)F)cc2)c(O[C@@H]2O[C@H]([C@@H](C)OC(=O)c3ccccc3)[C@@H](OC(=O)c3ccccc3)[C@H](OC(=O)c3ccccc3)[C@H]2OC(=O)c2ccccc2)c1. The van der Waals surface area contributed by atoms with Crippen molar-refractivity contribution in [2.24, 2.45) is 0 Å². The van der Waals surface area contributed by atoms with Crippen LogP contribution in [0.2, 0.25) is 5.02 Å². The van der Waals surface area contributed by atoms with Crippen molar-refractivity contribution in [3.8, 4) is 5.75 Å². The van der Waals surface area contributed by atoms with Crippen molar-refractivity contribution in [1.82, 2.24) is 0 Å². The number of carbonyl (C=O) groups excluding carboxylic acids is 5. The van der Waals surface area contributed by atoms with Crippen LogP contribution < -0.4 is 4.74 Å². The van der Waals surface area contributed by atoms with Crippen molar-refractivity contribution in [2.45, 2.75) is 76.3 Å². The van der Waals surface area contributed by atoms with Gasteiger partial charge < -0.3 is 33.2 Å². The fourth-order valence-electron chi connectivity index (χ4n) is 7.42. The quantitative estimate of drug-likeness (QED) is 0.0671. The topological polar surface area (TPSA) is 150 Å². The first-order valence-corrected chi connectivity index (χ1v) is 21.9. The van der Waals surface area contributed by atoms with Gasteiger partial charge in [0.15, 0.2) is 12.2 Å². The summed E-state index contributed by atoms with van der Waals surface area (Å²) in [6.45, 7) is 2.39. The number of rotatable bonds is 16. The third-order valence-corrected chi connectivity index (χ3v) is 11.1. The van der Waals surface area contributed by atoms with Gasteiger partial charge in [0.1, 0.15) is 24.6 Å². The minimum Gasteiger partial charge on any atom is -0.461 e. The molecule has 6 aromatic carbocycles. The van der Waals surface area contributed by atoms with Crippen LogP contribution in [-0.4, -0.2) is 72.8 Å². The summed E-state index contributed by atoms with van der Waals surface area (Å²) in [7, 11) is 0. The van der Waals surface area contributed by atoms with E-state index in [2.05, 4.69) is 0 Å².